The van der Waals surface area contributed by atoms with E-state index in [1.54, 1.807) is 0 Å². The molecule has 0 aliphatic heterocycles. The first kappa shape index (κ1) is 8.44. The highest BCUT2D eigenvalue weighted by Gasteiger charge is 1.97. The van der Waals surface area contributed by atoms with Crippen LogP contribution in [-0.4, -0.2) is 10.9 Å². The van der Waals surface area contributed by atoms with Crippen molar-refractivity contribution in [1.82, 2.24) is 0 Å². The van der Waals surface area contributed by atoms with E-state index in [9.17, 15) is 0 Å². The van der Waals surface area contributed by atoms with Crippen molar-refractivity contribution in [2.45, 2.75) is 37.6 Å². The van der Waals surface area contributed by atoms with Gasteiger partial charge in [-0.3, -0.25) is 0 Å². The minimum atomic E-state index is 0.356. The van der Waals surface area contributed by atoms with Gasteiger partial charge in [-0.15, -0.1) is 0 Å². The van der Waals surface area contributed by atoms with Crippen molar-refractivity contribution in [3.63, 3.8) is 0 Å². The molecule has 0 aliphatic carbocycles. The minimum Gasteiger partial charge on any atom is -0.328 e. The highest BCUT2D eigenvalue weighted by atomic mass is 79.9. The lowest BCUT2D eigenvalue weighted by molar-refractivity contribution is 0.626. The molecule has 2 unspecified atom stereocenters. The molecule has 2 N–H and O–H groups in total. The summed E-state index contributed by atoms with van der Waals surface area (Å²) in [6, 6.07) is 0.356. The molecule has 2 heteroatoms. The fraction of sp³-hybridized carbons (Fsp3) is 1.00. The van der Waals surface area contributed by atoms with Crippen LogP contribution in [0.2, 0.25) is 0 Å². The highest BCUT2D eigenvalue weighted by Crippen LogP contribution is 2.06. The minimum absolute atomic E-state index is 0.356. The van der Waals surface area contributed by atoms with E-state index < -0.39 is 0 Å². The van der Waals surface area contributed by atoms with E-state index in [1.165, 1.54) is 6.42 Å². The van der Waals surface area contributed by atoms with E-state index in [-0.39, 0.29) is 0 Å². The average Bonchev–Trinajstić information content (AvgIpc) is 1.61. The van der Waals surface area contributed by atoms with Crippen molar-refractivity contribution < 1.29 is 0 Å². The molecule has 0 saturated heterocycles. The van der Waals surface area contributed by atoms with Crippen LogP contribution in [-0.2, 0) is 0 Å². The molecule has 0 rings (SSSR count). The van der Waals surface area contributed by atoms with Crippen LogP contribution in [0.5, 0.6) is 0 Å². The molecule has 0 heterocycles. The predicted molar refractivity (Wildman–Crippen MR) is 41.3 cm³/mol. The Morgan fingerprint density at radius 1 is 1.38 bits per heavy atom. The lowest BCUT2D eigenvalue weighted by Crippen LogP contribution is -2.15. The van der Waals surface area contributed by atoms with E-state index in [2.05, 4.69) is 22.9 Å². The molecule has 0 aromatic carbocycles. The second-order valence-corrected chi connectivity index (χ2v) is 3.90. The lowest BCUT2D eigenvalue weighted by atomic mass is 10.2. The van der Waals surface area contributed by atoms with Gasteiger partial charge in [0.1, 0.15) is 0 Å². The van der Waals surface area contributed by atoms with Crippen LogP contribution in [0.25, 0.3) is 0 Å². The first-order chi connectivity index (χ1) is 3.63. The number of alkyl halides is 1. The molecule has 0 bridgehead atoms. The fourth-order valence-corrected chi connectivity index (χ4v) is 0.757. The quantitative estimate of drug-likeness (QED) is 0.659. The smallest absolute Gasteiger partial charge is 0.0118 e. The zero-order valence-corrected chi connectivity index (χ0v) is 7.11. The average molecular weight is 180 g/mol. The summed E-state index contributed by atoms with van der Waals surface area (Å²) in [5.74, 6) is 0. The molecular formula is C6H14BrN. The molecule has 0 aromatic rings. The summed E-state index contributed by atoms with van der Waals surface area (Å²) in [5, 5.41) is 0. The van der Waals surface area contributed by atoms with Gasteiger partial charge < -0.3 is 5.73 Å². The van der Waals surface area contributed by atoms with Gasteiger partial charge in [0.05, 0.1) is 0 Å². The zero-order valence-electron chi connectivity index (χ0n) is 5.52. The summed E-state index contributed by atoms with van der Waals surface area (Å²) in [6.45, 7) is 4.18. The third kappa shape index (κ3) is 6.44. The summed E-state index contributed by atoms with van der Waals surface area (Å²) in [6.07, 6.45) is 2.30. The van der Waals surface area contributed by atoms with Gasteiger partial charge in [-0.1, -0.05) is 22.9 Å². The van der Waals surface area contributed by atoms with E-state index in [0.717, 1.165) is 6.42 Å². The second kappa shape index (κ2) is 4.33. The van der Waals surface area contributed by atoms with Gasteiger partial charge in [0.15, 0.2) is 0 Å². The van der Waals surface area contributed by atoms with Crippen LogP contribution in [0.4, 0.5) is 0 Å². The van der Waals surface area contributed by atoms with Gasteiger partial charge in [0.25, 0.3) is 0 Å². The van der Waals surface area contributed by atoms with Crippen molar-refractivity contribution in [3.05, 3.63) is 0 Å². The molecule has 0 aliphatic rings. The normalized spacial score (nSPS) is 18.0. The molecule has 50 valence electrons. The van der Waals surface area contributed by atoms with Crippen molar-refractivity contribution in [1.29, 1.82) is 0 Å². The maximum Gasteiger partial charge on any atom is 0.0118 e. The lowest BCUT2D eigenvalue weighted by Gasteiger charge is -2.04. The summed E-state index contributed by atoms with van der Waals surface area (Å²) in [4.78, 5) is 0.619. The standard InChI is InChI=1S/C6H14BrN/c1-5(7)3-4-6(2)8/h5-6H,3-4,8H2,1-2H3. The molecule has 2 atom stereocenters. The Hall–Kier alpha value is 0.440. The Morgan fingerprint density at radius 2 is 1.88 bits per heavy atom. The van der Waals surface area contributed by atoms with E-state index in [1.807, 2.05) is 6.92 Å². The molecular weight excluding hydrogens is 166 g/mol. The molecule has 0 radical (unpaired) electrons. The topological polar surface area (TPSA) is 26.0 Å². The molecule has 1 nitrogen and oxygen atoms in total. The van der Waals surface area contributed by atoms with Gasteiger partial charge in [-0.05, 0) is 19.8 Å². The predicted octanol–water partition coefficient (Wildman–Crippen LogP) is 1.90. The Kier molecular flexibility index (Phi) is 4.57. The monoisotopic (exact) mass is 179 g/mol. The van der Waals surface area contributed by atoms with Gasteiger partial charge in [-0.2, -0.15) is 0 Å². The number of nitrogens with two attached hydrogens (primary N) is 1. The Labute approximate surface area is 59.8 Å². The van der Waals surface area contributed by atoms with Crippen LogP contribution in [0.15, 0.2) is 0 Å². The third-order valence-corrected chi connectivity index (χ3v) is 1.48. The van der Waals surface area contributed by atoms with Gasteiger partial charge in [-0.25, -0.2) is 0 Å². The van der Waals surface area contributed by atoms with Crippen LogP contribution < -0.4 is 5.73 Å². The number of halogens is 1. The van der Waals surface area contributed by atoms with Crippen molar-refractivity contribution in [3.8, 4) is 0 Å². The van der Waals surface area contributed by atoms with Crippen LogP contribution >= 0.6 is 15.9 Å². The largest absolute Gasteiger partial charge is 0.328 e. The molecule has 0 aromatic heterocycles. The van der Waals surface area contributed by atoms with Crippen LogP contribution in [0.3, 0.4) is 0 Å². The molecule has 0 spiro atoms. The zero-order chi connectivity index (χ0) is 6.57. The molecule has 0 amide bonds. The second-order valence-electron chi connectivity index (χ2n) is 2.34. The maximum atomic E-state index is 5.52. The van der Waals surface area contributed by atoms with E-state index in [4.69, 9.17) is 5.73 Å². The Balaban J connectivity index is 2.93. The maximum absolute atomic E-state index is 5.52. The molecule has 0 fully saturated rings. The Morgan fingerprint density at radius 3 is 2.00 bits per heavy atom. The van der Waals surface area contributed by atoms with Crippen molar-refractivity contribution in [2.75, 3.05) is 0 Å². The summed E-state index contributed by atoms with van der Waals surface area (Å²) < 4.78 is 0. The van der Waals surface area contributed by atoms with Gasteiger partial charge in [0, 0.05) is 10.9 Å². The van der Waals surface area contributed by atoms with Crippen molar-refractivity contribution >= 4 is 15.9 Å². The third-order valence-electron chi connectivity index (χ3n) is 1.02. The number of hydrogen-bond acceptors (Lipinski definition) is 1. The molecule has 8 heavy (non-hydrogen) atoms. The summed E-state index contributed by atoms with van der Waals surface area (Å²) >= 11 is 3.45. The Bertz CT molecular complexity index is 44.5. The van der Waals surface area contributed by atoms with Crippen LogP contribution in [0.1, 0.15) is 26.7 Å². The first-order valence-electron chi connectivity index (χ1n) is 3.02. The fourth-order valence-electron chi connectivity index (χ4n) is 0.493. The number of hydrogen-bond donors (Lipinski definition) is 1. The first-order valence-corrected chi connectivity index (χ1v) is 3.94. The van der Waals surface area contributed by atoms with E-state index in [0.29, 0.717) is 10.9 Å². The summed E-state index contributed by atoms with van der Waals surface area (Å²) in [7, 11) is 0. The van der Waals surface area contributed by atoms with Gasteiger partial charge >= 0.3 is 0 Å². The SMILES string of the molecule is CC(N)CCC(C)Br. The van der Waals surface area contributed by atoms with Gasteiger partial charge in [0.2, 0.25) is 0 Å². The van der Waals surface area contributed by atoms with Crippen molar-refractivity contribution in [2.24, 2.45) is 5.73 Å². The number of rotatable bonds is 3. The molecule has 0 saturated carbocycles. The van der Waals surface area contributed by atoms with E-state index >= 15 is 0 Å². The van der Waals surface area contributed by atoms with Crippen LogP contribution in [0, 0.1) is 0 Å². The highest BCUT2D eigenvalue weighted by molar-refractivity contribution is 9.09. The summed E-state index contributed by atoms with van der Waals surface area (Å²) in [5.41, 5.74) is 5.52.